The molecule has 3 rings (SSSR count). The number of nitrogens with two attached hydrogens (primary N) is 1. The first-order valence-electron chi connectivity index (χ1n) is 8.72. The zero-order valence-corrected chi connectivity index (χ0v) is 18.1. The van der Waals surface area contributed by atoms with Crippen LogP contribution in [0.3, 0.4) is 0 Å². The van der Waals surface area contributed by atoms with Crippen LogP contribution in [-0.4, -0.2) is 27.0 Å². The van der Waals surface area contributed by atoms with E-state index >= 15 is 0 Å². The molecule has 2 aromatic rings. The SMILES string of the molecule is I.NC(=NCc1ccc(S(=O)(=O)NC2CC2)cc1)NCCc1ccccc1. The topological polar surface area (TPSA) is 96.6 Å². The van der Waals surface area contributed by atoms with E-state index in [9.17, 15) is 8.42 Å². The van der Waals surface area contributed by atoms with Crippen molar-refractivity contribution < 1.29 is 8.42 Å². The van der Waals surface area contributed by atoms with Crippen molar-refractivity contribution in [3.8, 4) is 0 Å². The van der Waals surface area contributed by atoms with Crippen LogP contribution in [0.25, 0.3) is 0 Å². The van der Waals surface area contributed by atoms with Gasteiger partial charge in [-0.05, 0) is 42.5 Å². The van der Waals surface area contributed by atoms with E-state index < -0.39 is 10.0 Å². The standard InChI is InChI=1S/C19H24N4O2S.HI/c20-19(21-13-12-15-4-2-1-3-5-15)22-14-16-6-10-18(11-7-16)26(24,25)23-17-8-9-17;/h1-7,10-11,17,23H,8-9,12-14H2,(H3,20,21,22);1H. The lowest BCUT2D eigenvalue weighted by molar-refractivity contribution is 0.581. The van der Waals surface area contributed by atoms with Crippen molar-refractivity contribution in [1.82, 2.24) is 10.0 Å². The van der Waals surface area contributed by atoms with Gasteiger partial charge in [0.25, 0.3) is 0 Å². The molecule has 1 aliphatic carbocycles. The maximum atomic E-state index is 12.1. The van der Waals surface area contributed by atoms with Gasteiger partial charge in [-0.2, -0.15) is 0 Å². The molecule has 6 nitrogen and oxygen atoms in total. The maximum absolute atomic E-state index is 12.1. The minimum absolute atomic E-state index is 0. The molecule has 0 heterocycles. The highest BCUT2D eigenvalue weighted by molar-refractivity contribution is 14.0. The summed E-state index contributed by atoms with van der Waals surface area (Å²) in [5.41, 5.74) is 8.03. The second-order valence-electron chi connectivity index (χ2n) is 6.40. The van der Waals surface area contributed by atoms with Crippen molar-refractivity contribution in [1.29, 1.82) is 0 Å². The summed E-state index contributed by atoms with van der Waals surface area (Å²) in [4.78, 5) is 4.58. The van der Waals surface area contributed by atoms with Crippen molar-refractivity contribution in [2.75, 3.05) is 6.54 Å². The van der Waals surface area contributed by atoms with Crippen LogP contribution >= 0.6 is 24.0 Å². The van der Waals surface area contributed by atoms with Gasteiger partial charge in [0, 0.05) is 12.6 Å². The monoisotopic (exact) mass is 500 g/mol. The lowest BCUT2D eigenvalue weighted by atomic mass is 10.1. The smallest absolute Gasteiger partial charge is 0.240 e. The fourth-order valence-corrected chi connectivity index (χ4v) is 3.78. The highest BCUT2D eigenvalue weighted by Gasteiger charge is 2.27. The summed E-state index contributed by atoms with van der Waals surface area (Å²) >= 11 is 0. The first-order valence-corrected chi connectivity index (χ1v) is 10.2. The van der Waals surface area contributed by atoms with E-state index in [0.717, 1.165) is 24.8 Å². The Hall–Kier alpha value is -1.65. The number of sulfonamides is 1. The third-order valence-electron chi connectivity index (χ3n) is 4.13. The summed E-state index contributed by atoms with van der Waals surface area (Å²) in [6.07, 6.45) is 2.71. The summed E-state index contributed by atoms with van der Waals surface area (Å²) in [6, 6.07) is 17.0. The predicted molar refractivity (Wildman–Crippen MR) is 119 cm³/mol. The highest BCUT2D eigenvalue weighted by Crippen LogP contribution is 2.22. The summed E-state index contributed by atoms with van der Waals surface area (Å²) in [6.45, 7) is 1.11. The van der Waals surface area contributed by atoms with Crippen LogP contribution in [0.2, 0.25) is 0 Å². The fourth-order valence-electron chi connectivity index (χ4n) is 2.47. The number of halogens is 1. The summed E-state index contributed by atoms with van der Waals surface area (Å²) in [5, 5.41) is 3.09. The Bertz CT molecular complexity index is 851. The largest absolute Gasteiger partial charge is 0.370 e. The first kappa shape index (κ1) is 21.6. The molecule has 0 amide bonds. The quantitative estimate of drug-likeness (QED) is 0.295. The average molecular weight is 500 g/mol. The molecule has 8 heteroatoms. The fraction of sp³-hybridized carbons (Fsp3) is 0.316. The average Bonchev–Trinajstić information content (AvgIpc) is 3.44. The molecular formula is C19H25IN4O2S. The van der Waals surface area contributed by atoms with Gasteiger partial charge in [-0.3, -0.25) is 0 Å². The summed E-state index contributed by atoms with van der Waals surface area (Å²) in [7, 11) is -3.41. The zero-order valence-electron chi connectivity index (χ0n) is 15.0. The third kappa shape index (κ3) is 7.11. The predicted octanol–water partition coefficient (Wildman–Crippen LogP) is 2.39. The number of nitrogens with zero attached hydrogens (tertiary/aromatic N) is 1. The van der Waals surface area contributed by atoms with E-state index in [1.807, 2.05) is 18.2 Å². The minimum atomic E-state index is -3.41. The van der Waals surface area contributed by atoms with Crippen molar-refractivity contribution in [2.24, 2.45) is 10.7 Å². The number of benzene rings is 2. The van der Waals surface area contributed by atoms with Gasteiger partial charge in [-0.1, -0.05) is 42.5 Å². The van der Waals surface area contributed by atoms with Gasteiger partial charge in [0.15, 0.2) is 5.96 Å². The highest BCUT2D eigenvalue weighted by atomic mass is 127. The van der Waals surface area contributed by atoms with Crippen LogP contribution < -0.4 is 15.8 Å². The number of guanidine groups is 1. The molecule has 2 aromatic carbocycles. The van der Waals surface area contributed by atoms with Crippen molar-refractivity contribution in [3.05, 3.63) is 65.7 Å². The van der Waals surface area contributed by atoms with Crippen molar-refractivity contribution in [3.63, 3.8) is 0 Å². The second kappa shape index (κ2) is 10.0. The number of rotatable bonds is 8. The molecule has 0 aliphatic heterocycles. The number of hydrogen-bond acceptors (Lipinski definition) is 3. The Morgan fingerprint density at radius 2 is 1.70 bits per heavy atom. The van der Waals surface area contributed by atoms with Gasteiger partial charge in [-0.15, -0.1) is 24.0 Å². The molecule has 146 valence electrons. The summed E-state index contributed by atoms with van der Waals surface area (Å²) in [5.74, 6) is 0.382. The molecule has 27 heavy (non-hydrogen) atoms. The maximum Gasteiger partial charge on any atom is 0.240 e. The Labute approximate surface area is 177 Å². The lowest BCUT2D eigenvalue weighted by Gasteiger charge is -2.07. The molecular weight excluding hydrogens is 475 g/mol. The molecule has 0 saturated heterocycles. The molecule has 1 saturated carbocycles. The molecule has 0 aromatic heterocycles. The van der Waals surface area contributed by atoms with Gasteiger partial charge in [0.05, 0.1) is 11.4 Å². The lowest BCUT2D eigenvalue weighted by Crippen LogP contribution is -2.33. The van der Waals surface area contributed by atoms with Gasteiger partial charge < -0.3 is 11.1 Å². The van der Waals surface area contributed by atoms with Crippen LogP contribution in [0, 0.1) is 0 Å². The van der Waals surface area contributed by atoms with Gasteiger partial charge in [0.2, 0.25) is 10.0 Å². The van der Waals surface area contributed by atoms with Crippen LogP contribution in [0.15, 0.2) is 64.5 Å². The molecule has 0 spiro atoms. The first-order chi connectivity index (χ1) is 12.5. The van der Waals surface area contributed by atoms with E-state index in [1.54, 1.807) is 24.3 Å². The van der Waals surface area contributed by atoms with Crippen molar-refractivity contribution >= 4 is 40.0 Å². The van der Waals surface area contributed by atoms with Gasteiger partial charge in [0.1, 0.15) is 0 Å². The molecule has 1 fully saturated rings. The molecule has 0 unspecified atom stereocenters. The van der Waals surface area contributed by atoms with Gasteiger partial charge in [-0.25, -0.2) is 18.1 Å². The number of aliphatic imine (C=N–C) groups is 1. The van der Waals surface area contributed by atoms with Gasteiger partial charge >= 0.3 is 0 Å². The van der Waals surface area contributed by atoms with E-state index in [2.05, 4.69) is 27.2 Å². The number of hydrogen-bond donors (Lipinski definition) is 3. The molecule has 1 aliphatic rings. The Morgan fingerprint density at radius 3 is 2.33 bits per heavy atom. The normalized spacial score (nSPS) is 14.4. The van der Waals surface area contributed by atoms with Crippen molar-refractivity contribution in [2.45, 2.75) is 36.7 Å². The Kier molecular flexibility index (Phi) is 8.06. The van der Waals surface area contributed by atoms with Crippen LogP contribution in [0.4, 0.5) is 0 Å². The molecule has 4 N–H and O–H groups in total. The van der Waals surface area contributed by atoms with Crippen LogP contribution in [-0.2, 0) is 23.0 Å². The van der Waals surface area contributed by atoms with E-state index in [1.165, 1.54) is 5.56 Å². The minimum Gasteiger partial charge on any atom is -0.370 e. The zero-order chi connectivity index (χ0) is 18.4. The summed E-state index contributed by atoms with van der Waals surface area (Å²) < 4.78 is 26.9. The van der Waals surface area contributed by atoms with Crippen LogP contribution in [0.1, 0.15) is 24.0 Å². The van der Waals surface area contributed by atoms with Crippen LogP contribution in [0.5, 0.6) is 0 Å². The number of nitrogens with one attached hydrogen (secondary N) is 2. The molecule has 0 radical (unpaired) electrons. The Balaban J connectivity index is 0.00000261. The second-order valence-corrected chi connectivity index (χ2v) is 8.12. The molecule has 0 bridgehead atoms. The third-order valence-corrected chi connectivity index (χ3v) is 5.66. The van der Waals surface area contributed by atoms with E-state index in [4.69, 9.17) is 5.73 Å². The Morgan fingerprint density at radius 1 is 1.04 bits per heavy atom. The van der Waals surface area contributed by atoms with E-state index in [0.29, 0.717) is 19.0 Å². The van der Waals surface area contributed by atoms with E-state index in [-0.39, 0.29) is 34.9 Å². The molecule has 0 atom stereocenters.